The van der Waals surface area contributed by atoms with E-state index in [1.807, 2.05) is 38.1 Å². The number of amides is 1. The molecule has 3 aromatic carbocycles. The summed E-state index contributed by atoms with van der Waals surface area (Å²) in [6.07, 6.45) is 3.21. The van der Waals surface area contributed by atoms with Crippen LogP contribution in [0.25, 0.3) is 6.08 Å². The summed E-state index contributed by atoms with van der Waals surface area (Å²) < 4.78 is 11.3. The van der Waals surface area contributed by atoms with Gasteiger partial charge in [-0.25, -0.2) is 0 Å². The number of hydrogen-bond acceptors (Lipinski definition) is 3. The number of rotatable bonds is 7. The highest BCUT2D eigenvalue weighted by atomic mass is 35.5. The SMILES string of the molecule is COc1cc(C=CC(=O)Nc2c(C)cccc2C)ccc1OCc1c(Cl)cccc1Cl. The molecule has 3 rings (SSSR count). The predicted molar refractivity (Wildman–Crippen MR) is 127 cm³/mol. The molecule has 6 heteroatoms. The lowest BCUT2D eigenvalue weighted by atomic mass is 10.1. The molecule has 0 aliphatic rings. The molecule has 0 aliphatic heterocycles. The standard InChI is InChI=1S/C25H23Cl2NO3/c1-16-6-4-7-17(2)25(16)28-24(29)13-11-18-10-12-22(23(14-18)30-3)31-15-19-20(26)8-5-9-21(19)27/h4-14H,15H2,1-3H3,(H,28,29). The molecule has 1 N–H and O–H groups in total. The smallest absolute Gasteiger partial charge is 0.248 e. The van der Waals surface area contributed by atoms with Gasteiger partial charge in [-0.15, -0.1) is 0 Å². The fraction of sp³-hybridized carbons (Fsp3) is 0.160. The van der Waals surface area contributed by atoms with Gasteiger partial charge in [-0.2, -0.15) is 0 Å². The highest BCUT2D eigenvalue weighted by molar-refractivity contribution is 6.35. The Kier molecular flexibility index (Phi) is 7.61. The molecular formula is C25H23Cl2NO3. The molecule has 31 heavy (non-hydrogen) atoms. The number of anilines is 1. The Labute approximate surface area is 192 Å². The van der Waals surface area contributed by atoms with E-state index in [4.69, 9.17) is 32.7 Å². The fourth-order valence-corrected chi connectivity index (χ4v) is 3.58. The van der Waals surface area contributed by atoms with Crippen LogP contribution in [0.2, 0.25) is 10.0 Å². The number of aryl methyl sites for hydroxylation is 2. The number of ether oxygens (including phenoxy) is 2. The van der Waals surface area contributed by atoms with Crippen LogP contribution >= 0.6 is 23.2 Å². The zero-order valence-electron chi connectivity index (χ0n) is 17.5. The van der Waals surface area contributed by atoms with E-state index in [0.29, 0.717) is 27.1 Å². The summed E-state index contributed by atoms with van der Waals surface area (Å²) in [6, 6.07) is 16.6. The first-order valence-electron chi connectivity index (χ1n) is 9.68. The lowest BCUT2D eigenvalue weighted by molar-refractivity contribution is -0.111. The number of halogens is 2. The van der Waals surface area contributed by atoms with Crippen LogP contribution in [-0.2, 0) is 11.4 Å². The van der Waals surface area contributed by atoms with E-state index in [1.54, 1.807) is 43.5 Å². The van der Waals surface area contributed by atoms with Crippen molar-refractivity contribution in [3.05, 3.63) is 93.0 Å². The maximum Gasteiger partial charge on any atom is 0.248 e. The molecule has 0 heterocycles. The van der Waals surface area contributed by atoms with E-state index in [9.17, 15) is 4.79 Å². The molecule has 0 unspecified atom stereocenters. The normalized spacial score (nSPS) is 10.9. The van der Waals surface area contributed by atoms with E-state index < -0.39 is 0 Å². The number of carbonyl (C=O) groups excluding carboxylic acids is 1. The van der Waals surface area contributed by atoms with Gasteiger partial charge in [-0.05, 0) is 60.9 Å². The summed E-state index contributed by atoms with van der Waals surface area (Å²) >= 11 is 12.4. The highest BCUT2D eigenvalue weighted by Gasteiger charge is 2.10. The van der Waals surface area contributed by atoms with Gasteiger partial charge in [0, 0.05) is 27.4 Å². The summed E-state index contributed by atoms with van der Waals surface area (Å²) in [7, 11) is 1.56. The molecule has 0 saturated carbocycles. The van der Waals surface area contributed by atoms with Gasteiger partial charge in [0.1, 0.15) is 6.61 Å². The van der Waals surface area contributed by atoms with Crippen molar-refractivity contribution in [2.24, 2.45) is 0 Å². The Bertz CT molecular complexity index is 1090. The highest BCUT2D eigenvalue weighted by Crippen LogP contribution is 2.31. The summed E-state index contributed by atoms with van der Waals surface area (Å²) in [5.74, 6) is 0.890. The van der Waals surface area contributed by atoms with Gasteiger partial charge < -0.3 is 14.8 Å². The Hall–Kier alpha value is -2.95. The van der Waals surface area contributed by atoms with Crippen LogP contribution in [0.15, 0.2) is 60.7 Å². The van der Waals surface area contributed by atoms with Crippen molar-refractivity contribution in [2.75, 3.05) is 12.4 Å². The van der Waals surface area contributed by atoms with Crippen molar-refractivity contribution < 1.29 is 14.3 Å². The lowest BCUT2D eigenvalue weighted by Gasteiger charge is -2.13. The van der Waals surface area contributed by atoms with Gasteiger partial charge in [0.2, 0.25) is 5.91 Å². The minimum atomic E-state index is -0.204. The third-order valence-electron chi connectivity index (χ3n) is 4.78. The molecule has 0 spiro atoms. The van der Waals surface area contributed by atoms with E-state index in [0.717, 1.165) is 22.4 Å². The third-order valence-corrected chi connectivity index (χ3v) is 5.49. The molecule has 0 saturated heterocycles. The van der Waals surface area contributed by atoms with Crippen LogP contribution < -0.4 is 14.8 Å². The maximum atomic E-state index is 12.4. The average molecular weight is 456 g/mol. The Morgan fingerprint density at radius 3 is 2.26 bits per heavy atom. The van der Waals surface area contributed by atoms with Crippen LogP contribution in [0.3, 0.4) is 0 Å². The molecule has 4 nitrogen and oxygen atoms in total. The molecule has 0 aromatic heterocycles. The lowest BCUT2D eigenvalue weighted by Crippen LogP contribution is -2.10. The number of carbonyl (C=O) groups is 1. The Balaban J connectivity index is 1.70. The molecule has 160 valence electrons. The van der Waals surface area contributed by atoms with Gasteiger partial charge in [0.25, 0.3) is 0 Å². The van der Waals surface area contributed by atoms with Crippen LogP contribution in [0.5, 0.6) is 11.5 Å². The Morgan fingerprint density at radius 2 is 1.61 bits per heavy atom. The first-order valence-corrected chi connectivity index (χ1v) is 10.4. The molecule has 0 bridgehead atoms. The number of hydrogen-bond donors (Lipinski definition) is 1. The van der Waals surface area contributed by atoms with Crippen molar-refractivity contribution in [3.8, 4) is 11.5 Å². The van der Waals surface area contributed by atoms with Gasteiger partial charge in [0.15, 0.2) is 11.5 Å². The van der Waals surface area contributed by atoms with Gasteiger partial charge >= 0.3 is 0 Å². The first kappa shape index (κ1) is 22.7. The minimum absolute atomic E-state index is 0.204. The quantitative estimate of drug-likeness (QED) is 0.396. The monoisotopic (exact) mass is 455 g/mol. The minimum Gasteiger partial charge on any atom is -0.493 e. The fourth-order valence-electron chi connectivity index (χ4n) is 3.08. The van der Waals surface area contributed by atoms with E-state index in [-0.39, 0.29) is 12.5 Å². The van der Waals surface area contributed by atoms with Gasteiger partial charge in [-0.3, -0.25) is 4.79 Å². The second kappa shape index (κ2) is 10.4. The van der Waals surface area contributed by atoms with Crippen molar-refractivity contribution in [2.45, 2.75) is 20.5 Å². The van der Waals surface area contributed by atoms with Crippen molar-refractivity contribution in [3.63, 3.8) is 0 Å². The molecule has 0 atom stereocenters. The zero-order valence-corrected chi connectivity index (χ0v) is 19.1. The van der Waals surface area contributed by atoms with Gasteiger partial charge in [-0.1, -0.05) is 53.5 Å². The molecule has 0 radical (unpaired) electrons. The zero-order chi connectivity index (χ0) is 22.4. The summed E-state index contributed by atoms with van der Waals surface area (Å²) in [4.78, 5) is 12.4. The largest absolute Gasteiger partial charge is 0.493 e. The second-order valence-electron chi connectivity index (χ2n) is 6.99. The molecule has 1 amide bonds. The van der Waals surface area contributed by atoms with E-state index in [1.165, 1.54) is 6.08 Å². The number of para-hydroxylation sites is 1. The number of nitrogens with one attached hydrogen (secondary N) is 1. The van der Waals surface area contributed by atoms with Crippen molar-refractivity contribution >= 4 is 40.9 Å². The first-order chi connectivity index (χ1) is 14.9. The molecule has 0 aliphatic carbocycles. The molecule has 3 aromatic rings. The molecule has 0 fully saturated rings. The van der Waals surface area contributed by atoms with Crippen LogP contribution in [0.1, 0.15) is 22.3 Å². The number of benzene rings is 3. The second-order valence-corrected chi connectivity index (χ2v) is 7.80. The van der Waals surface area contributed by atoms with Crippen LogP contribution in [-0.4, -0.2) is 13.0 Å². The van der Waals surface area contributed by atoms with Crippen molar-refractivity contribution in [1.29, 1.82) is 0 Å². The maximum absolute atomic E-state index is 12.4. The van der Waals surface area contributed by atoms with E-state index >= 15 is 0 Å². The van der Waals surface area contributed by atoms with Gasteiger partial charge in [0.05, 0.1) is 7.11 Å². The summed E-state index contributed by atoms with van der Waals surface area (Å²) in [6.45, 7) is 4.14. The summed E-state index contributed by atoms with van der Waals surface area (Å²) in [5, 5.41) is 4.02. The third kappa shape index (κ3) is 5.81. The molecular weight excluding hydrogens is 433 g/mol. The summed E-state index contributed by atoms with van der Waals surface area (Å²) in [5.41, 5.74) is 4.38. The predicted octanol–water partition coefficient (Wildman–Crippen LogP) is 6.85. The van der Waals surface area contributed by atoms with Crippen LogP contribution in [0.4, 0.5) is 5.69 Å². The van der Waals surface area contributed by atoms with E-state index in [2.05, 4.69) is 5.32 Å². The van der Waals surface area contributed by atoms with Crippen LogP contribution in [0, 0.1) is 13.8 Å². The number of methoxy groups -OCH3 is 1. The Morgan fingerprint density at radius 1 is 0.968 bits per heavy atom. The topological polar surface area (TPSA) is 47.6 Å². The average Bonchev–Trinajstić information content (AvgIpc) is 2.75. The van der Waals surface area contributed by atoms with Crippen molar-refractivity contribution in [1.82, 2.24) is 0 Å².